The molecule has 0 spiro atoms. The molecule has 0 atom stereocenters. The number of hydrogen-bond donors (Lipinski definition) is 1. The van der Waals surface area contributed by atoms with Gasteiger partial charge in [-0.15, -0.1) is 5.10 Å². The van der Waals surface area contributed by atoms with Crippen LogP contribution >= 0.6 is 0 Å². The number of anilines is 1. The number of ether oxygens (including phenoxy) is 2. The molecule has 0 bridgehead atoms. The zero-order valence-electron chi connectivity index (χ0n) is 15.8. The molecule has 2 aromatic carbocycles. The number of methoxy groups -OCH3 is 2. The van der Waals surface area contributed by atoms with Gasteiger partial charge in [0, 0.05) is 6.42 Å². The first-order valence-corrected chi connectivity index (χ1v) is 10.2. The second-order valence-corrected chi connectivity index (χ2v) is 7.99. The summed E-state index contributed by atoms with van der Waals surface area (Å²) in [4.78, 5) is 12.7. The quantitative estimate of drug-likeness (QED) is 0.593. The lowest BCUT2D eigenvalue weighted by atomic mass is 10.1. The maximum atomic E-state index is 12.5. The minimum Gasteiger partial charge on any atom is -0.493 e. The van der Waals surface area contributed by atoms with Crippen LogP contribution in [0.2, 0.25) is 0 Å². The molecule has 3 aromatic rings. The van der Waals surface area contributed by atoms with Crippen molar-refractivity contribution in [2.24, 2.45) is 0 Å². The molecule has 1 heterocycles. The van der Waals surface area contributed by atoms with E-state index in [9.17, 15) is 13.2 Å². The number of hydrogen-bond acceptors (Lipinski definition) is 8. The maximum Gasteiger partial charge on any atom is 0.322 e. The van der Waals surface area contributed by atoms with E-state index in [1.807, 2.05) is 0 Å². The van der Waals surface area contributed by atoms with Crippen LogP contribution in [0.4, 0.5) is 6.01 Å². The van der Waals surface area contributed by atoms with Crippen LogP contribution in [0.1, 0.15) is 16.2 Å². The first-order valence-electron chi connectivity index (χ1n) is 8.57. The van der Waals surface area contributed by atoms with Crippen LogP contribution in [0.15, 0.2) is 57.8 Å². The number of rotatable bonds is 8. The number of nitrogens with one attached hydrogen (secondary N) is 1. The smallest absolute Gasteiger partial charge is 0.322 e. The van der Waals surface area contributed by atoms with Crippen molar-refractivity contribution in [3.63, 3.8) is 0 Å². The van der Waals surface area contributed by atoms with E-state index in [-0.39, 0.29) is 40.3 Å². The second kappa shape index (κ2) is 8.74. The molecule has 29 heavy (non-hydrogen) atoms. The van der Waals surface area contributed by atoms with Gasteiger partial charge in [0.1, 0.15) is 0 Å². The number of aryl methyl sites for hydroxylation is 1. The fraction of sp³-hybridized carbons (Fsp3) is 0.211. The van der Waals surface area contributed by atoms with E-state index in [0.29, 0.717) is 5.75 Å². The molecule has 0 aliphatic rings. The van der Waals surface area contributed by atoms with Gasteiger partial charge in [0.2, 0.25) is 5.89 Å². The molecule has 3 rings (SSSR count). The number of aromatic nitrogens is 2. The lowest BCUT2D eigenvalue weighted by molar-refractivity contribution is 0.102. The Kier molecular flexibility index (Phi) is 6.13. The standard InChI is InChI=1S/C19H19N3O6S/c1-26-15-10-6-9-14(17(15)27-2)18(23)20-19-22-21-16(28-19)11-12-29(24,25)13-7-4-3-5-8-13/h3-10H,11-12H2,1-2H3,(H,20,22,23). The van der Waals surface area contributed by atoms with Gasteiger partial charge < -0.3 is 13.9 Å². The van der Waals surface area contributed by atoms with E-state index in [0.717, 1.165) is 0 Å². The summed E-state index contributed by atoms with van der Waals surface area (Å²) in [6, 6.07) is 12.8. The highest BCUT2D eigenvalue weighted by molar-refractivity contribution is 7.91. The van der Waals surface area contributed by atoms with Crippen LogP contribution < -0.4 is 14.8 Å². The third-order valence-electron chi connectivity index (χ3n) is 4.02. The van der Waals surface area contributed by atoms with Crippen LogP contribution in [-0.4, -0.2) is 44.5 Å². The molecule has 1 amide bonds. The minimum absolute atomic E-state index is 0.0164. The Labute approximate surface area is 167 Å². The van der Waals surface area contributed by atoms with E-state index in [1.54, 1.807) is 36.4 Å². The van der Waals surface area contributed by atoms with Crippen molar-refractivity contribution in [2.75, 3.05) is 25.3 Å². The van der Waals surface area contributed by atoms with Gasteiger partial charge in [-0.3, -0.25) is 10.1 Å². The van der Waals surface area contributed by atoms with Crippen LogP contribution in [0, 0.1) is 0 Å². The molecule has 1 N–H and O–H groups in total. The number of benzene rings is 2. The molecule has 0 saturated carbocycles. The number of nitrogens with zero attached hydrogens (tertiary/aromatic N) is 2. The molecule has 10 heteroatoms. The van der Waals surface area contributed by atoms with E-state index in [4.69, 9.17) is 13.9 Å². The second-order valence-electron chi connectivity index (χ2n) is 5.88. The largest absolute Gasteiger partial charge is 0.493 e. The molecule has 0 saturated heterocycles. The van der Waals surface area contributed by atoms with Gasteiger partial charge in [-0.25, -0.2) is 8.42 Å². The normalized spacial score (nSPS) is 11.1. The van der Waals surface area contributed by atoms with Crippen LogP contribution in [0.3, 0.4) is 0 Å². The zero-order valence-corrected chi connectivity index (χ0v) is 16.6. The Morgan fingerprint density at radius 3 is 2.48 bits per heavy atom. The Hall–Kier alpha value is -3.40. The molecule has 0 aliphatic heterocycles. The van der Waals surface area contributed by atoms with Gasteiger partial charge in [-0.05, 0) is 24.3 Å². The average molecular weight is 417 g/mol. The van der Waals surface area contributed by atoms with Crippen molar-refractivity contribution in [1.82, 2.24) is 10.2 Å². The SMILES string of the molecule is COc1cccc(C(=O)Nc2nnc(CCS(=O)(=O)c3ccccc3)o2)c1OC. The highest BCUT2D eigenvalue weighted by atomic mass is 32.2. The average Bonchev–Trinajstić information content (AvgIpc) is 3.19. The van der Waals surface area contributed by atoms with Crippen LogP contribution in [0.25, 0.3) is 0 Å². The minimum atomic E-state index is -3.48. The van der Waals surface area contributed by atoms with Gasteiger partial charge >= 0.3 is 6.01 Å². The summed E-state index contributed by atoms with van der Waals surface area (Å²) < 4.78 is 40.4. The fourth-order valence-electron chi connectivity index (χ4n) is 2.60. The molecule has 9 nitrogen and oxygen atoms in total. The number of sulfone groups is 1. The lowest BCUT2D eigenvalue weighted by Gasteiger charge is -2.11. The summed E-state index contributed by atoms with van der Waals surface area (Å²) >= 11 is 0. The zero-order chi connectivity index (χ0) is 20.9. The van der Waals surface area contributed by atoms with Crippen molar-refractivity contribution >= 4 is 21.8 Å². The van der Waals surface area contributed by atoms with Crippen molar-refractivity contribution in [3.05, 3.63) is 60.0 Å². The molecule has 0 aliphatic carbocycles. The van der Waals surface area contributed by atoms with Gasteiger partial charge in [0.15, 0.2) is 21.3 Å². The summed E-state index contributed by atoms with van der Waals surface area (Å²) in [6.07, 6.45) is 0.0164. The summed E-state index contributed by atoms with van der Waals surface area (Å²) in [7, 11) is -0.589. The molecule has 152 valence electrons. The Morgan fingerprint density at radius 2 is 1.79 bits per heavy atom. The molecule has 1 aromatic heterocycles. The fourth-order valence-corrected chi connectivity index (χ4v) is 3.85. The van der Waals surface area contributed by atoms with Crippen molar-refractivity contribution in [1.29, 1.82) is 0 Å². The lowest BCUT2D eigenvalue weighted by Crippen LogP contribution is -2.13. The molecule has 0 unspecified atom stereocenters. The Bertz CT molecular complexity index is 1100. The van der Waals surface area contributed by atoms with E-state index in [1.165, 1.54) is 26.4 Å². The molecule has 0 radical (unpaired) electrons. The van der Waals surface area contributed by atoms with Gasteiger partial charge in [-0.2, -0.15) is 0 Å². The highest BCUT2D eigenvalue weighted by Gasteiger charge is 2.20. The van der Waals surface area contributed by atoms with Crippen molar-refractivity contribution in [2.45, 2.75) is 11.3 Å². The first kappa shape index (κ1) is 20.3. The third-order valence-corrected chi connectivity index (χ3v) is 5.75. The molecular formula is C19H19N3O6S. The van der Waals surface area contributed by atoms with Crippen LogP contribution in [0.5, 0.6) is 11.5 Å². The topological polar surface area (TPSA) is 121 Å². The summed E-state index contributed by atoms with van der Waals surface area (Å²) in [6.45, 7) is 0. The van der Waals surface area contributed by atoms with Crippen LogP contribution in [-0.2, 0) is 16.3 Å². The van der Waals surface area contributed by atoms with Gasteiger partial charge in [0.25, 0.3) is 5.91 Å². The monoisotopic (exact) mass is 417 g/mol. The summed E-state index contributed by atoms with van der Waals surface area (Å²) in [5.74, 6) is 0.0278. The maximum absolute atomic E-state index is 12.5. The predicted molar refractivity (Wildman–Crippen MR) is 104 cm³/mol. The third kappa shape index (κ3) is 4.72. The van der Waals surface area contributed by atoms with Gasteiger partial charge in [-0.1, -0.05) is 29.4 Å². The predicted octanol–water partition coefficient (Wildman–Crippen LogP) is 2.36. The Morgan fingerprint density at radius 1 is 1.03 bits per heavy atom. The number of para-hydroxylation sites is 1. The molecular weight excluding hydrogens is 398 g/mol. The van der Waals surface area contributed by atoms with E-state index in [2.05, 4.69) is 15.5 Å². The highest BCUT2D eigenvalue weighted by Crippen LogP contribution is 2.31. The number of amides is 1. The number of carbonyl (C=O) groups excluding carboxylic acids is 1. The van der Waals surface area contributed by atoms with E-state index >= 15 is 0 Å². The van der Waals surface area contributed by atoms with Crippen molar-refractivity contribution < 1.29 is 27.1 Å². The Balaban J connectivity index is 1.67. The summed E-state index contributed by atoms with van der Waals surface area (Å²) in [5, 5.41) is 9.99. The van der Waals surface area contributed by atoms with E-state index < -0.39 is 15.7 Å². The first-order chi connectivity index (χ1) is 13.9. The summed E-state index contributed by atoms with van der Waals surface area (Å²) in [5.41, 5.74) is 0.221. The van der Waals surface area contributed by atoms with Crippen molar-refractivity contribution in [3.8, 4) is 11.5 Å². The molecule has 0 fully saturated rings. The number of carbonyl (C=O) groups is 1. The van der Waals surface area contributed by atoms with Gasteiger partial charge in [0.05, 0.1) is 30.4 Å².